The van der Waals surface area contributed by atoms with Crippen LogP contribution in [-0.2, 0) is 4.79 Å². The van der Waals surface area contributed by atoms with Gasteiger partial charge in [-0.15, -0.1) is 0 Å². The van der Waals surface area contributed by atoms with E-state index in [0.29, 0.717) is 17.9 Å². The third-order valence-electron chi connectivity index (χ3n) is 3.55. The minimum Gasteiger partial charge on any atom is -0.352 e. The predicted octanol–water partition coefficient (Wildman–Crippen LogP) is 0.709. The molecule has 0 spiro atoms. The highest BCUT2D eigenvalue weighted by atomic mass is 16.1. The van der Waals surface area contributed by atoms with Crippen LogP contribution in [0.4, 0.5) is 0 Å². The number of fused-ring (bicyclic) bond motifs is 2. The van der Waals surface area contributed by atoms with E-state index in [0.717, 1.165) is 13.1 Å². The molecule has 0 aromatic carbocycles. The first kappa shape index (κ1) is 9.97. The number of amides is 1. The molecule has 2 saturated heterocycles. The molecule has 3 rings (SSSR count). The summed E-state index contributed by atoms with van der Waals surface area (Å²) in [6.07, 6.45) is 1.31. The highest BCUT2D eigenvalue weighted by Crippen LogP contribution is 2.39. The molecular weight excluding hydrogens is 176 g/mol. The fourth-order valence-electron chi connectivity index (χ4n) is 2.69. The quantitative estimate of drug-likeness (QED) is 0.705. The minimum atomic E-state index is 0.119. The molecule has 3 atom stereocenters. The Hall–Kier alpha value is -0.570. The van der Waals surface area contributed by atoms with Crippen molar-refractivity contribution in [1.29, 1.82) is 0 Å². The van der Waals surface area contributed by atoms with Crippen LogP contribution >= 0.6 is 0 Å². The van der Waals surface area contributed by atoms with Gasteiger partial charge in [-0.2, -0.15) is 0 Å². The molecule has 0 radical (unpaired) electrons. The maximum Gasteiger partial charge on any atom is 0.222 e. The number of nitrogens with one attached hydrogen (secondary N) is 1. The Morgan fingerprint density at radius 3 is 2.43 bits per heavy atom. The summed E-state index contributed by atoms with van der Waals surface area (Å²) < 4.78 is 0. The highest BCUT2D eigenvalue weighted by Gasteiger charge is 2.46. The van der Waals surface area contributed by atoms with Crippen LogP contribution in [0.1, 0.15) is 20.3 Å². The van der Waals surface area contributed by atoms with Gasteiger partial charge in [0.15, 0.2) is 0 Å². The monoisotopic (exact) mass is 196 g/mol. The number of rotatable bonds is 2. The third-order valence-corrected chi connectivity index (χ3v) is 3.55. The Morgan fingerprint density at radius 2 is 1.93 bits per heavy atom. The molecule has 1 amide bonds. The van der Waals surface area contributed by atoms with Gasteiger partial charge in [0.2, 0.25) is 5.91 Å². The van der Waals surface area contributed by atoms with Gasteiger partial charge in [0.05, 0.1) is 0 Å². The van der Waals surface area contributed by atoms with Crippen molar-refractivity contribution in [1.82, 2.24) is 10.2 Å². The molecule has 80 valence electrons. The van der Waals surface area contributed by atoms with E-state index in [1.165, 1.54) is 6.42 Å². The molecule has 3 fully saturated rings. The molecule has 3 nitrogen and oxygen atoms in total. The fraction of sp³-hybridized carbons (Fsp3) is 0.909. The van der Waals surface area contributed by atoms with Gasteiger partial charge in [0, 0.05) is 25.0 Å². The van der Waals surface area contributed by atoms with Gasteiger partial charge in [-0.05, 0) is 25.3 Å². The lowest BCUT2D eigenvalue weighted by atomic mass is 9.66. The lowest BCUT2D eigenvalue weighted by molar-refractivity contribution is -0.128. The summed E-state index contributed by atoms with van der Waals surface area (Å²) in [4.78, 5) is 13.9. The van der Waals surface area contributed by atoms with Crippen LogP contribution in [0.2, 0.25) is 0 Å². The fourth-order valence-corrected chi connectivity index (χ4v) is 2.69. The van der Waals surface area contributed by atoms with Crippen LogP contribution in [0.5, 0.6) is 0 Å². The normalized spacial score (nSPS) is 36.7. The van der Waals surface area contributed by atoms with Gasteiger partial charge in [-0.3, -0.25) is 4.79 Å². The Kier molecular flexibility index (Phi) is 2.52. The van der Waals surface area contributed by atoms with Crippen LogP contribution in [-0.4, -0.2) is 37.0 Å². The lowest BCUT2D eigenvalue weighted by Gasteiger charge is -2.53. The van der Waals surface area contributed by atoms with Gasteiger partial charge in [0.1, 0.15) is 0 Å². The topological polar surface area (TPSA) is 32.3 Å². The van der Waals surface area contributed by atoms with Crippen molar-refractivity contribution in [3.8, 4) is 0 Å². The van der Waals surface area contributed by atoms with Crippen LogP contribution in [0.15, 0.2) is 0 Å². The van der Waals surface area contributed by atoms with E-state index in [4.69, 9.17) is 0 Å². The third kappa shape index (κ3) is 1.65. The number of carbonyl (C=O) groups is 1. The molecule has 0 aromatic heterocycles. The van der Waals surface area contributed by atoms with Gasteiger partial charge < -0.3 is 10.2 Å². The van der Waals surface area contributed by atoms with Crippen molar-refractivity contribution >= 4 is 5.91 Å². The maximum absolute atomic E-state index is 11.5. The van der Waals surface area contributed by atoms with Crippen LogP contribution in [0, 0.1) is 17.8 Å². The molecule has 0 aromatic rings. The second-order valence-electron chi connectivity index (χ2n) is 5.17. The van der Waals surface area contributed by atoms with Crippen molar-refractivity contribution in [3.63, 3.8) is 0 Å². The van der Waals surface area contributed by atoms with Crippen molar-refractivity contribution in [3.05, 3.63) is 0 Å². The Morgan fingerprint density at radius 1 is 1.36 bits per heavy atom. The molecule has 3 heteroatoms. The number of piperidine rings is 2. The number of nitrogens with zero attached hydrogens (tertiary/aromatic N) is 1. The van der Waals surface area contributed by atoms with Crippen molar-refractivity contribution in [2.45, 2.75) is 26.3 Å². The molecule has 2 heterocycles. The van der Waals surface area contributed by atoms with Gasteiger partial charge in [-0.1, -0.05) is 13.8 Å². The lowest BCUT2D eigenvalue weighted by Crippen LogP contribution is -2.64. The predicted molar refractivity (Wildman–Crippen MR) is 55.9 cm³/mol. The summed E-state index contributed by atoms with van der Waals surface area (Å²) in [6.45, 7) is 6.21. The SMILES string of the molecule is CC(C)C(=O)NC1[C@@H]2C[C@H]1CN(C)C2. The molecule has 1 unspecified atom stereocenters. The number of hydrogen-bond donors (Lipinski definition) is 1. The number of carbonyl (C=O) groups excluding carboxylic acids is 1. The molecule has 14 heavy (non-hydrogen) atoms. The summed E-state index contributed by atoms with van der Waals surface area (Å²) in [5.74, 6) is 1.76. The molecule has 2 aliphatic heterocycles. The van der Waals surface area contributed by atoms with Gasteiger partial charge in [-0.25, -0.2) is 0 Å². The summed E-state index contributed by atoms with van der Waals surface area (Å²) >= 11 is 0. The van der Waals surface area contributed by atoms with E-state index in [2.05, 4.69) is 17.3 Å². The van der Waals surface area contributed by atoms with E-state index in [-0.39, 0.29) is 11.8 Å². The summed E-state index contributed by atoms with van der Waals surface area (Å²) in [6, 6.07) is 0.473. The summed E-state index contributed by atoms with van der Waals surface area (Å²) in [5.41, 5.74) is 0. The zero-order valence-electron chi connectivity index (χ0n) is 9.29. The van der Waals surface area contributed by atoms with Crippen molar-refractivity contribution in [2.24, 2.45) is 17.8 Å². The minimum absolute atomic E-state index is 0.119. The van der Waals surface area contributed by atoms with E-state index in [1.54, 1.807) is 0 Å². The van der Waals surface area contributed by atoms with E-state index >= 15 is 0 Å². The standard InChI is InChI=1S/C11H20N2O/c1-7(2)11(14)12-10-8-4-9(10)6-13(3)5-8/h7-10H,4-6H2,1-3H3,(H,12,14)/t8-,9+,10?. The van der Waals surface area contributed by atoms with Crippen LogP contribution in [0.3, 0.4) is 0 Å². The highest BCUT2D eigenvalue weighted by molar-refractivity contribution is 5.78. The largest absolute Gasteiger partial charge is 0.352 e. The van der Waals surface area contributed by atoms with E-state index in [9.17, 15) is 4.79 Å². The summed E-state index contributed by atoms with van der Waals surface area (Å²) in [5, 5.41) is 3.17. The average molecular weight is 196 g/mol. The zero-order chi connectivity index (χ0) is 10.3. The zero-order valence-corrected chi connectivity index (χ0v) is 9.29. The van der Waals surface area contributed by atoms with Gasteiger partial charge >= 0.3 is 0 Å². The average Bonchev–Trinajstić information content (AvgIpc) is 2.13. The molecule has 3 aliphatic rings. The smallest absolute Gasteiger partial charge is 0.222 e. The van der Waals surface area contributed by atoms with Crippen LogP contribution < -0.4 is 5.32 Å². The molecule has 1 saturated carbocycles. The Labute approximate surface area is 85.8 Å². The van der Waals surface area contributed by atoms with E-state index in [1.807, 2.05) is 13.8 Å². The first-order valence-corrected chi connectivity index (χ1v) is 5.57. The Balaban J connectivity index is 1.87. The van der Waals surface area contributed by atoms with Crippen LogP contribution in [0.25, 0.3) is 0 Å². The van der Waals surface area contributed by atoms with Crippen molar-refractivity contribution < 1.29 is 4.79 Å². The Bertz CT molecular complexity index is 227. The second kappa shape index (κ2) is 3.54. The van der Waals surface area contributed by atoms with Gasteiger partial charge in [0.25, 0.3) is 0 Å². The first-order chi connectivity index (χ1) is 6.58. The first-order valence-electron chi connectivity index (χ1n) is 5.57. The molecular formula is C11H20N2O. The summed E-state index contributed by atoms with van der Waals surface area (Å²) in [7, 11) is 2.17. The molecule has 2 bridgehead atoms. The molecule has 1 N–H and O–H groups in total. The van der Waals surface area contributed by atoms with Crippen molar-refractivity contribution in [2.75, 3.05) is 20.1 Å². The molecule has 1 aliphatic carbocycles. The number of hydrogen-bond acceptors (Lipinski definition) is 2. The van der Waals surface area contributed by atoms with E-state index < -0.39 is 0 Å². The maximum atomic E-state index is 11.5. The second-order valence-corrected chi connectivity index (χ2v) is 5.17.